The van der Waals surface area contributed by atoms with E-state index in [0.717, 1.165) is 5.69 Å². The van der Waals surface area contributed by atoms with Crippen molar-refractivity contribution >= 4 is 0 Å². The van der Waals surface area contributed by atoms with Gasteiger partial charge in [-0.25, -0.2) is 4.68 Å². The van der Waals surface area contributed by atoms with Crippen LogP contribution in [0.4, 0.5) is 0 Å². The zero-order valence-corrected chi connectivity index (χ0v) is 10.3. The lowest BCUT2D eigenvalue weighted by Crippen LogP contribution is -2.28. The zero-order chi connectivity index (χ0) is 12.3. The summed E-state index contributed by atoms with van der Waals surface area (Å²) in [6.07, 6.45) is -0.143. The first-order chi connectivity index (χ1) is 7.39. The minimum atomic E-state index is -0.845. The third-order valence-electron chi connectivity index (χ3n) is 2.32. The molecule has 0 aromatic carbocycles. The summed E-state index contributed by atoms with van der Waals surface area (Å²) in [5.41, 5.74) is 6.27. The fourth-order valence-electron chi connectivity index (χ4n) is 1.54. The smallest absolute Gasteiger partial charge is 0.102 e. The van der Waals surface area contributed by atoms with E-state index in [9.17, 15) is 5.11 Å². The van der Waals surface area contributed by atoms with Crippen LogP contribution in [0.3, 0.4) is 0 Å². The number of nitrogens with two attached hydrogens (primary N) is 1. The van der Waals surface area contributed by atoms with Crippen molar-refractivity contribution in [2.75, 3.05) is 7.11 Å². The normalized spacial score (nSPS) is 14.1. The lowest BCUT2D eigenvalue weighted by Gasteiger charge is -2.20. The molecule has 3 N–H and O–H groups in total. The topological polar surface area (TPSA) is 86.2 Å². The van der Waals surface area contributed by atoms with E-state index < -0.39 is 5.60 Å². The Morgan fingerprint density at radius 1 is 1.56 bits per heavy atom. The highest BCUT2D eigenvalue weighted by atomic mass is 16.5. The second-order valence-corrected chi connectivity index (χ2v) is 4.47. The van der Waals surface area contributed by atoms with E-state index in [1.807, 2.05) is 6.92 Å². The fourth-order valence-corrected chi connectivity index (χ4v) is 1.54. The van der Waals surface area contributed by atoms with Gasteiger partial charge in [-0.1, -0.05) is 5.21 Å². The number of hydrogen-bond donors (Lipinski definition) is 2. The number of rotatable bonds is 5. The van der Waals surface area contributed by atoms with Gasteiger partial charge in [-0.05, 0) is 20.8 Å². The molecule has 6 nitrogen and oxygen atoms in total. The Kier molecular flexibility index (Phi) is 4.01. The average Bonchev–Trinajstić information content (AvgIpc) is 2.57. The second-order valence-electron chi connectivity index (χ2n) is 4.47. The molecular weight excluding hydrogens is 208 g/mol. The predicted octanol–water partition coefficient (Wildman–Crippen LogP) is 0.215. The van der Waals surface area contributed by atoms with Gasteiger partial charge in [0.2, 0.25) is 0 Å². The van der Waals surface area contributed by atoms with Gasteiger partial charge in [-0.2, -0.15) is 0 Å². The van der Waals surface area contributed by atoms with Crippen molar-refractivity contribution in [2.24, 2.45) is 5.73 Å². The van der Waals surface area contributed by atoms with Crippen LogP contribution in [0, 0.1) is 0 Å². The van der Waals surface area contributed by atoms with Crippen molar-refractivity contribution in [3.8, 4) is 0 Å². The van der Waals surface area contributed by atoms with Crippen LogP contribution >= 0.6 is 0 Å². The van der Waals surface area contributed by atoms with Gasteiger partial charge in [0, 0.05) is 13.7 Å². The molecule has 0 amide bonds. The summed E-state index contributed by atoms with van der Waals surface area (Å²) in [5, 5.41) is 17.7. The standard InChI is InChI=1S/C10H20N4O2/c1-7(16-4)9-8(5-11)12-13-14(9)6-10(2,3)15/h7,15H,5-6,11H2,1-4H3. The number of aromatic nitrogens is 3. The van der Waals surface area contributed by atoms with E-state index in [4.69, 9.17) is 10.5 Å². The Morgan fingerprint density at radius 3 is 2.62 bits per heavy atom. The first-order valence-electron chi connectivity index (χ1n) is 5.26. The third kappa shape index (κ3) is 3.01. The van der Waals surface area contributed by atoms with Crippen molar-refractivity contribution in [1.82, 2.24) is 15.0 Å². The maximum absolute atomic E-state index is 9.77. The lowest BCUT2D eigenvalue weighted by molar-refractivity contribution is 0.0500. The molecule has 6 heteroatoms. The minimum absolute atomic E-state index is 0.143. The number of aliphatic hydroxyl groups is 1. The Bertz CT molecular complexity index is 343. The molecular formula is C10H20N4O2. The molecule has 1 aromatic rings. The first-order valence-corrected chi connectivity index (χ1v) is 5.26. The number of nitrogens with zero attached hydrogens (tertiary/aromatic N) is 3. The highest BCUT2D eigenvalue weighted by Gasteiger charge is 2.22. The summed E-state index contributed by atoms with van der Waals surface area (Å²) >= 11 is 0. The van der Waals surface area contributed by atoms with Crippen molar-refractivity contribution < 1.29 is 9.84 Å². The van der Waals surface area contributed by atoms with Gasteiger partial charge in [0.1, 0.15) is 5.69 Å². The van der Waals surface area contributed by atoms with E-state index in [-0.39, 0.29) is 6.10 Å². The molecule has 1 rings (SSSR count). The summed E-state index contributed by atoms with van der Waals surface area (Å²) < 4.78 is 6.90. The largest absolute Gasteiger partial charge is 0.389 e. The summed E-state index contributed by atoms with van der Waals surface area (Å²) in [7, 11) is 1.62. The van der Waals surface area contributed by atoms with Crippen LogP contribution < -0.4 is 5.73 Å². The monoisotopic (exact) mass is 228 g/mol. The van der Waals surface area contributed by atoms with Crippen molar-refractivity contribution in [2.45, 2.75) is 45.6 Å². The van der Waals surface area contributed by atoms with Crippen LogP contribution in [-0.2, 0) is 17.8 Å². The van der Waals surface area contributed by atoms with E-state index in [0.29, 0.717) is 18.8 Å². The molecule has 0 aliphatic carbocycles. The van der Waals surface area contributed by atoms with Crippen molar-refractivity contribution in [3.05, 3.63) is 11.4 Å². The van der Waals surface area contributed by atoms with Crippen LogP contribution in [0.15, 0.2) is 0 Å². The third-order valence-corrected chi connectivity index (χ3v) is 2.32. The Labute approximate surface area is 95.4 Å². The van der Waals surface area contributed by atoms with Gasteiger partial charge in [0.25, 0.3) is 0 Å². The molecule has 1 aromatic heterocycles. The molecule has 1 unspecified atom stereocenters. The summed E-state index contributed by atoms with van der Waals surface area (Å²) in [6, 6.07) is 0. The molecule has 16 heavy (non-hydrogen) atoms. The first kappa shape index (κ1) is 13.1. The SMILES string of the molecule is COC(C)c1c(CN)nnn1CC(C)(C)O. The Hall–Kier alpha value is -0.980. The molecule has 0 fully saturated rings. The van der Waals surface area contributed by atoms with Crippen LogP contribution in [0.25, 0.3) is 0 Å². The van der Waals surface area contributed by atoms with Crippen LogP contribution in [0.1, 0.15) is 38.3 Å². The molecule has 0 bridgehead atoms. The Morgan fingerprint density at radius 2 is 2.19 bits per heavy atom. The molecule has 0 radical (unpaired) electrons. The van der Waals surface area contributed by atoms with E-state index in [2.05, 4.69) is 10.3 Å². The van der Waals surface area contributed by atoms with E-state index >= 15 is 0 Å². The van der Waals surface area contributed by atoms with Crippen LogP contribution in [-0.4, -0.2) is 32.8 Å². The molecule has 0 saturated carbocycles. The van der Waals surface area contributed by atoms with Gasteiger partial charge >= 0.3 is 0 Å². The maximum atomic E-state index is 9.77. The highest BCUT2D eigenvalue weighted by molar-refractivity contribution is 5.13. The van der Waals surface area contributed by atoms with Gasteiger partial charge in [0.15, 0.2) is 0 Å². The van der Waals surface area contributed by atoms with Crippen molar-refractivity contribution in [3.63, 3.8) is 0 Å². The molecule has 1 atom stereocenters. The minimum Gasteiger partial charge on any atom is -0.389 e. The quantitative estimate of drug-likeness (QED) is 0.752. The molecule has 0 spiro atoms. The summed E-state index contributed by atoms with van der Waals surface area (Å²) in [4.78, 5) is 0. The highest BCUT2D eigenvalue weighted by Crippen LogP contribution is 2.20. The molecule has 0 saturated heterocycles. The predicted molar refractivity (Wildman–Crippen MR) is 59.6 cm³/mol. The van der Waals surface area contributed by atoms with Gasteiger partial charge in [-0.3, -0.25) is 0 Å². The summed E-state index contributed by atoms with van der Waals surface area (Å²) in [6.45, 7) is 6.02. The maximum Gasteiger partial charge on any atom is 0.102 e. The van der Waals surface area contributed by atoms with Crippen LogP contribution in [0.2, 0.25) is 0 Å². The second kappa shape index (κ2) is 4.90. The number of ether oxygens (including phenoxy) is 1. The lowest BCUT2D eigenvalue weighted by atomic mass is 10.1. The zero-order valence-electron chi connectivity index (χ0n) is 10.3. The van der Waals surface area contributed by atoms with E-state index in [1.165, 1.54) is 0 Å². The average molecular weight is 228 g/mol. The summed E-state index contributed by atoms with van der Waals surface area (Å²) in [5.74, 6) is 0. The fraction of sp³-hybridized carbons (Fsp3) is 0.800. The number of hydrogen-bond acceptors (Lipinski definition) is 5. The molecule has 1 heterocycles. The Balaban J connectivity index is 3.05. The molecule has 92 valence electrons. The van der Waals surface area contributed by atoms with E-state index in [1.54, 1.807) is 25.6 Å². The van der Waals surface area contributed by atoms with Crippen molar-refractivity contribution in [1.29, 1.82) is 0 Å². The molecule has 0 aliphatic rings. The van der Waals surface area contributed by atoms with Gasteiger partial charge in [0.05, 0.1) is 23.9 Å². The van der Waals surface area contributed by atoms with Gasteiger partial charge in [-0.15, -0.1) is 5.10 Å². The number of methoxy groups -OCH3 is 1. The van der Waals surface area contributed by atoms with Crippen LogP contribution in [0.5, 0.6) is 0 Å². The molecule has 0 aliphatic heterocycles. The van der Waals surface area contributed by atoms with Gasteiger partial charge < -0.3 is 15.6 Å².